The van der Waals surface area contributed by atoms with Gasteiger partial charge in [0.05, 0.1) is 23.7 Å². The van der Waals surface area contributed by atoms with Gasteiger partial charge in [0.15, 0.2) is 0 Å². The summed E-state index contributed by atoms with van der Waals surface area (Å²) in [5.41, 5.74) is 7.14. The Bertz CT molecular complexity index is 2510. The number of carbonyl (C=O) groups is 1. The first-order valence-electron chi connectivity index (χ1n) is 20.1. The van der Waals surface area contributed by atoms with E-state index < -0.39 is 15.9 Å². The lowest BCUT2D eigenvalue weighted by molar-refractivity contribution is 0.0378. The molecule has 0 unspecified atom stereocenters. The molecule has 59 heavy (non-hydrogen) atoms. The highest BCUT2D eigenvalue weighted by Gasteiger charge is 2.25. The van der Waals surface area contributed by atoms with Gasteiger partial charge in [0.25, 0.3) is 15.9 Å². The number of rotatable bonds is 14. The molecule has 11 nitrogen and oxygen atoms in total. The van der Waals surface area contributed by atoms with E-state index in [9.17, 15) is 13.2 Å². The number of fused-ring (bicyclic) bond motifs is 1. The highest BCUT2D eigenvalue weighted by molar-refractivity contribution is 7.90. The van der Waals surface area contributed by atoms with E-state index in [0.29, 0.717) is 10.8 Å². The van der Waals surface area contributed by atoms with Crippen LogP contribution in [0, 0.1) is 6.92 Å². The zero-order chi connectivity index (χ0) is 40.8. The van der Waals surface area contributed by atoms with Crippen molar-refractivity contribution in [2.24, 2.45) is 0 Å². The second-order valence-electron chi connectivity index (χ2n) is 15.1. The highest BCUT2D eigenvalue weighted by Crippen LogP contribution is 2.33. The van der Waals surface area contributed by atoms with Gasteiger partial charge in [-0.1, -0.05) is 48.0 Å². The van der Waals surface area contributed by atoms with Gasteiger partial charge in [-0.2, -0.15) is 0 Å². The van der Waals surface area contributed by atoms with E-state index in [1.165, 1.54) is 17.2 Å². The molecule has 0 radical (unpaired) electrons. The molecule has 5 aromatic carbocycles. The molecule has 0 atom stereocenters. The van der Waals surface area contributed by atoms with Crippen LogP contribution in [0.2, 0.25) is 5.02 Å². The number of morpholine rings is 1. The Morgan fingerprint density at radius 1 is 0.847 bits per heavy atom. The van der Waals surface area contributed by atoms with Gasteiger partial charge >= 0.3 is 0 Å². The number of nitrogens with zero attached hydrogens (tertiary/aromatic N) is 3. The summed E-state index contributed by atoms with van der Waals surface area (Å²) in [4.78, 5) is 24.2. The van der Waals surface area contributed by atoms with Crippen LogP contribution >= 0.6 is 11.6 Å². The Labute approximate surface area is 350 Å². The van der Waals surface area contributed by atoms with Crippen LogP contribution in [0.5, 0.6) is 11.5 Å². The molecule has 0 saturated carbocycles. The molecule has 2 aliphatic heterocycles. The minimum absolute atomic E-state index is 0.00729. The molecule has 1 aromatic heterocycles. The lowest BCUT2D eigenvalue weighted by Gasteiger charge is -2.36. The maximum Gasteiger partial charge on any atom is 0.268 e. The molecule has 13 heteroatoms. The van der Waals surface area contributed by atoms with Crippen molar-refractivity contribution in [1.82, 2.24) is 19.5 Å². The second-order valence-corrected chi connectivity index (χ2v) is 17.2. The van der Waals surface area contributed by atoms with Crippen LogP contribution in [0.3, 0.4) is 0 Å². The van der Waals surface area contributed by atoms with Crippen molar-refractivity contribution >= 4 is 49.8 Å². The number of anilines is 2. The monoisotopic (exact) mass is 832 g/mol. The number of aromatic nitrogens is 1. The lowest BCUT2D eigenvalue weighted by atomic mass is 9.99. The second kappa shape index (κ2) is 18.3. The molecule has 0 aliphatic carbocycles. The Balaban J connectivity index is 0.957. The fourth-order valence-corrected chi connectivity index (χ4v) is 8.94. The van der Waals surface area contributed by atoms with Crippen LogP contribution in [-0.2, 0) is 21.3 Å². The Morgan fingerprint density at radius 3 is 2.44 bits per heavy atom. The van der Waals surface area contributed by atoms with Crippen LogP contribution in [-0.4, -0.2) is 94.7 Å². The molecule has 1 amide bonds. The van der Waals surface area contributed by atoms with Crippen molar-refractivity contribution in [1.29, 1.82) is 0 Å². The average Bonchev–Trinajstić information content (AvgIpc) is 3.72. The number of halogens is 1. The zero-order valence-corrected chi connectivity index (χ0v) is 34.7. The molecule has 0 bridgehead atoms. The number of piperazine rings is 1. The third-order valence-corrected chi connectivity index (χ3v) is 12.7. The summed E-state index contributed by atoms with van der Waals surface area (Å²) in [5, 5.41) is 5.09. The van der Waals surface area contributed by atoms with Crippen LogP contribution in [0.4, 0.5) is 11.4 Å². The van der Waals surface area contributed by atoms with Crippen LogP contribution in [0.15, 0.2) is 120 Å². The summed E-state index contributed by atoms with van der Waals surface area (Å²) in [6.07, 6.45) is 2.81. The summed E-state index contributed by atoms with van der Waals surface area (Å²) in [5.74, 6) is 0.0117. The third kappa shape index (κ3) is 9.92. The van der Waals surface area contributed by atoms with E-state index in [4.69, 9.17) is 21.1 Å². The number of carbonyl (C=O) groups excluding carboxylic acids is 1. The first kappa shape index (κ1) is 40.4. The summed E-state index contributed by atoms with van der Waals surface area (Å²) < 4.78 is 41.5. The van der Waals surface area contributed by atoms with Crippen LogP contribution < -0.4 is 19.7 Å². The maximum atomic E-state index is 13.9. The Hall–Kier alpha value is -5.37. The third-order valence-electron chi connectivity index (χ3n) is 11.1. The van der Waals surface area contributed by atoms with Gasteiger partial charge < -0.3 is 24.7 Å². The fraction of sp³-hybridized carbons (Fsp3) is 0.283. The number of aromatic amines is 1. The van der Waals surface area contributed by atoms with Gasteiger partial charge in [-0.05, 0) is 109 Å². The van der Waals surface area contributed by atoms with Crippen molar-refractivity contribution in [3.8, 4) is 22.6 Å². The number of hydrogen-bond acceptors (Lipinski definition) is 9. The first-order chi connectivity index (χ1) is 28.7. The smallest absolute Gasteiger partial charge is 0.268 e. The first-order valence-corrected chi connectivity index (χ1v) is 22.0. The molecule has 2 fully saturated rings. The normalized spacial score (nSPS) is 15.3. The van der Waals surface area contributed by atoms with Crippen molar-refractivity contribution in [3.05, 3.63) is 137 Å². The minimum atomic E-state index is -4.21. The summed E-state index contributed by atoms with van der Waals surface area (Å²) >= 11 is 6.17. The molecule has 2 saturated heterocycles. The highest BCUT2D eigenvalue weighted by atomic mass is 35.5. The van der Waals surface area contributed by atoms with Crippen molar-refractivity contribution in [3.63, 3.8) is 0 Å². The predicted octanol–water partition coefficient (Wildman–Crippen LogP) is 8.16. The van der Waals surface area contributed by atoms with E-state index >= 15 is 0 Å². The zero-order valence-electron chi connectivity index (χ0n) is 33.1. The quantitative estimate of drug-likeness (QED) is 0.0935. The molecule has 2 aliphatic rings. The summed E-state index contributed by atoms with van der Waals surface area (Å²) in [6, 6.07) is 34.2. The lowest BCUT2D eigenvalue weighted by Crippen LogP contribution is -2.46. The largest absolute Gasteiger partial charge is 0.456 e. The van der Waals surface area contributed by atoms with E-state index in [-0.39, 0.29) is 16.2 Å². The number of benzene rings is 5. The van der Waals surface area contributed by atoms with Gasteiger partial charge in [0.2, 0.25) is 0 Å². The standard InChI is InChI=1S/C46H49ClN6O5S/c1-33-29-40(13-16-43(33)48-18-4-20-51-25-27-57-28-26-51)59(55,56)50-46(54)42-14-11-38(31-45(42)58-39-12-15-44-35(30-39)17-19-49-44)53-23-21-52(22-24-53)32-36-5-2-3-6-41(36)34-7-9-37(47)10-8-34/h2-3,5-17,19,29-31,48-49H,4,18,20-28,32H2,1H3,(H,50,54). The molecule has 0 spiro atoms. The summed E-state index contributed by atoms with van der Waals surface area (Å²) in [6.45, 7) is 11.0. The van der Waals surface area contributed by atoms with E-state index in [0.717, 1.165) is 112 Å². The molecule has 6 aromatic rings. The van der Waals surface area contributed by atoms with Gasteiger partial charge in [-0.25, -0.2) is 13.1 Å². The molecular formula is C46H49ClN6O5S. The van der Waals surface area contributed by atoms with Crippen LogP contribution in [0.1, 0.15) is 27.9 Å². The average molecular weight is 833 g/mol. The van der Waals surface area contributed by atoms with Gasteiger partial charge in [0.1, 0.15) is 11.5 Å². The molecule has 8 rings (SSSR count). The number of sulfonamides is 1. The number of ether oxygens (including phenoxy) is 2. The maximum absolute atomic E-state index is 13.9. The van der Waals surface area contributed by atoms with Gasteiger partial charge in [-0.3, -0.25) is 14.6 Å². The summed E-state index contributed by atoms with van der Waals surface area (Å²) in [7, 11) is -4.21. The van der Waals surface area contributed by atoms with Crippen molar-refractivity contribution in [2.75, 3.05) is 75.8 Å². The minimum Gasteiger partial charge on any atom is -0.456 e. The predicted molar refractivity (Wildman–Crippen MR) is 235 cm³/mol. The number of hydrogen-bond donors (Lipinski definition) is 3. The molecule has 3 N–H and O–H groups in total. The number of amides is 1. The molecular weight excluding hydrogens is 784 g/mol. The topological polar surface area (TPSA) is 119 Å². The van der Waals surface area contributed by atoms with E-state index in [1.807, 2.05) is 61.7 Å². The molecule has 306 valence electrons. The van der Waals surface area contributed by atoms with E-state index in [2.05, 4.69) is 66.1 Å². The molecule has 3 heterocycles. The Kier molecular flexibility index (Phi) is 12.5. The van der Waals surface area contributed by atoms with Crippen molar-refractivity contribution < 1.29 is 22.7 Å². The van der Waals surface area contributed by atoms with Gasteiger partial charge in [-0.15, -0.1) is 0 Å². The number of aryl methyl sites for hydroxylation is 1. The van der Waals surface area contributed by atoms with Crippen molar-refractivity contribution in [2.45, 2.75) is 24.8 Å². The van der Waals surface area contributed by atoms with E-state index in [1.54, 1.807) is 18.2 Å². The Morgan fingerprint density at radius 2 is 1.64 bits per heavy atom. The SMILES string of the molecule is Cc1cc(S(=O)(=O)NC(=O)c2ccc(N3CCN(Cc4ccccc4-c4ccc(Cl)cc4)CC3)cc2Oc2ccc3[nH]ccc3c2)ccc1NCCCN1CCOCC1. The number of H-pyrrole nitrogens is 1. The number of nitrogens with one attached hydrogen (secondary N) is 3. The van der Waals surface area contributed by atoms with Gasteiger partial charge in [0, 0.05) is 91.9 Å². The fourth-order valence-electron chi connectivity index (χ4n) is 7.76. The van der Waals surface area contributed by atoms with Crippen LogP contribution in [0.25, 0.3) is 22.0 Å².